The minimum absolute atomic E-state index is 0.131. The predicted molar refractivity (Wildman–Crippen MR) is 122 cm³/mol. The van der Waals surface area contributed by atoms with E-state index in [0.29, 0.717) is 47.7 Å². The minimum Gasteiger partial charge on any atom is -0.486 e. The molecule has 0 bridgehead atoms. The van der Waals surface area contributed by atoms with Crippen LogP contribution in [0, 0.1) is 13.8 Å². The SMILES string of the molecule is Cc1ccc(C(=O)c2cn(Cc3ccncc3)c3cc4c(cc3c2=O)OCCO4)cc1C. The van der Waals surface area contributed by atoms with Crippen LogP contribution in [0.15, 0.2) is 65.8 Å². The molecule has 5 rings (SSSR count). The van der Waals surface area contributed by atoms with Crippen molar-refractivity contribution in [3.05, 3.63) is 99.1 Å². The summed E-state index contributed by atoms with van der Waals surface area (Å²) >= 11 is 0. The molecular weight excluding hydrogens is 404 g/mol. The third-order valence-electron chi connectivity index (χ3n) is 5.86. The highest BCUT2D eigenvalue weighted by atomic mass is 16.6. The second-order valence-electron chi connectivity index (χ2n) is 8.00. The van der Waals surface area contributed by atoms with E-state index in [4.69, 9.17) is 9.47 Å². The van der Waals surface area contributed by atoms with Crippen LogP contribution in [-0.2, 0) is 6.54 Å². The van der Waals surface area contributed by atoms with Gasteiger partial charge < -0.3 is 14.0 Å². The van der Waals surface area contributed by atoms with E-state index in [1.54, 1.807) is 30.7 Å². The monoisotopic (exact) mass is 426 g/mol. The zero-order chi connectivity index (χ0) is 22.2. The van der Waals surface area contributed by atoms with Gasteiger partial charge in [0, 0.05) is 36.8 Å². The summed E-state index contributed by atoms with van der Waals surface area (Å²) in [5.41, 5.74) is 4.11. The molecule has 6 nitrogen and oxygen atoms in total. The van der Waals surface area contributed by atoms with E-state index < -0.39 is 0 Å². The van der Waals surface area contributed by atoms with E-state index in [9.17, 15) is 9.59 Å². The highest BCUT2D eigenvalue weighted by Crippen LogP contribution is 2.34. The van der Waals surface area contributed by atoms with Gasteiger partial charge in [-0.1, -0.05) is 12.1 Å². The highest BCUT2D eigenvalue weighted by Gasteiger charge is 2.21. The molecule has 1 aliphatic rings. The van der Waals surface area contributed by atoms with E-state index in [-0.39, 0.29) is 16.8 Å². The van der Waals surface area contributed by atoms with Gasteiger partial charge in [-0.05, 0) is 54.8 Å². The van der Waals surface area contributed by atoms with Crippen molar-refractivity contribution in [1.29, 1.82) is 0 Å². The van der Waals surface area contributed by atoms with Gasteiger partial charge in [0.1, 0.15) is 13.2 Å². The highest BCUT2D eigenvalue weighted by molar-refractivity contribution is 6.10. The first kappa shape index (κ1) is 20.0. The zero-order valence-corrected chi connectivity index (χ0v) is 17.9. The Bertz CT molecular complexity index is 1410. The summed E-state index contributed by atoms with van der Waals surface area (Å²) in [5.74, 6) is 0.824. The molecule has 0 aliphatic carbocycles. The predicted octanol–water partition coefficient (Wildman–Crippen LogP) is 4.06. The van der Waals surface area contributed by atoms with Crippen LogP contribution in [0.2, 0.25) is 0 Å². The Morgan fingerprint density at radius 3 is 2.41 bits per heavy atom. The lowest BCUT2D eigenvalue weighted by molar-refractivity contribution is 0.103. The number of aryl methyl sites for hydroxylation is 2. The number of benzene rings is 2. The third kappa shape index (κ3) is 3.54. The van der Waals surface area contributed by atoms with E-state index in [2.05, 4.69) is 4.98 Å². The smallest absolute Gasteiger partial charge is 0.200 e. The summed E-state index contributed by atoms with van der Waals surface area (Å²) in [7, 11) is 0. The van der Waals surface area contributed by atoms with Gasteiger partial charge in [0.05, 0.1) is 16.5 Å². The number of rotatable bonds is 4. The molecule has 2 aromatic heterocycles. The van der Waals surface area contributed by atoms with E-state index >= 15 is 0 Å². The fourth-order valence-electron chi connectivity index (χ4n) is 3.94. The lowest BCUT2D eigenvalue weighted by Crippen LogP contribution is -2.21. The largest absolute Gasteiger partial charge is 0.486 e. The Kier molecular flexibility index (Phi) is 4.98. The van der Waals surface area contributed by atoms with Gasteiger partial charge in [-0.2, -0.15) is 0 Å². The molecule has 0 saturated carbocycles. The Labute approximate surface area is 185 Å². The Balaban J connectivity index is 1.72. The summed E-state index contributed by atoms with van der Waals surface area (Å²) in [6, 6.07) is 12.8. The molecule has 0 radical (unpaired) electrons. The van der Waals surface area contributed by atoms with Crippen molar-refractivity contribution in [2.75, 3.05) is 13.2 Å². The average molecular weight is 426 g/mol. The van der Waals surface area contributed by atoms with Crippen molar-refractivity contribution in [2.24, 2.45) is 0 Å². The zero-order valence-electron chi connectivity index (χ0n) is 17.9. The van der Waals surface area contributed by atoms with Gasteiger partial charge in [0.25, 0.3) is 0 Å². The summed E-state index contributed by atoms with van der Waals surface area (Å²) in [4.78, 5) is 30.9. The lowest BCUT2D eigenvalue weighted by atomic mass is 9.98. The van der Waals surface area contributed by atoms with Crippen molar-refractivity contribution in [3.63, 3.8) is 0 Å². The molecule has 160 valence electrons. The number of hydrogen-bond acceptors (Lipinski definition) is 5. The van der Waals surface area contributed by atoms with Gasteiger partial charge in [0.15, 0.2) is 17.3 Å². The second-order valence-corrected chi connectivity index (χ2v) is 8.00. The van der Waals surface area contributed by atoms with Crippen molar-refractivity contribution in [2.45, 2.75) is 20.4 Å². The lowest BCUT2D eigenvalue weighted by Gasteiger charge is -2.21. The number of carbonyl (C=O) groups is 1. The van der Waals surface area contributed by atoms with Crippen molar-refractivity contribution in [1.82, 2.24) is 9.55 Å². The molecule has 0 spiro atoms. The number of carbonyl (C=O) groups excluding carboxylic acids is 1. The fourth-order valence-corrected chi connectivity index (χ4v) is 3.94. The molecule has 0 N–H and O–H groups in total. The summed E-state index contributed by atoms with van der Waals surface area (Å²) in [5, 5.41) is 0.429. The number of fused-ring (bicyclic) bond motifs is 2. The maximum Gasteiger partial charge on any atom is 0.200 e. The van der Waals surface area contributed by atoms with Crippen molar-refractivity contribution >= 4 is 16.7 Å². The maximum atomic E-state index is 13.4. The van der Waals surface area contributed by atoms with Gasteiger partial charge in [0.2, 0.25) is 5.43 Å². The molecule has 0 unspecified atom stereocenters. The van der Waals surface area contributed by atoms with Crippen molar-refractivity contribution < 1.29 is 14.3 Å². The molecule has 0 fully saturated rings. The summed E-state index contributed by atoms with van der Waals surface area (Å²) in [6.07, 6.45) is 5.10. The van der Waals surface area contributed by atoms with E-state index in [0.717, 1.165) is 16.7 Å². The standard InChI is InChI=1S/C26H22N2O4/c1-16-3-4-19(11-17(16)2)25(29)21-15-28(14-18-5-7-27-8-6-18)22-13-24-23(31-9-10-32-24)12-20(22)26(21)30/h3-8,11-13,15H,9-10,14H2,1-2H3. The molecule has 2 aromatic carbocycles. The quantitative estimate of drug-likeness (QED) is 0.460. The Morgan fingerprint density at radius 1 is 0.969 bits per heavy atom. The fraction of sp³-hybridized carbons (Fsp3) is 0.192. The molecule has 32 heavy (non-hydrogen) atoms. The van der Waals surface area contributed by atoms with Crippen LogP contribution in [0.1, 0.15) is 32.6 Å². The van der Waals surface area contributed by atoms with Gasteiger partial charge >= 0.3 is 0 Å². The molecule has 1 aliphatic heterocycles. The van der Waals surface area contributed by atoms with Crippen LogP contribution in [0.5, 0.6) is 11.5 Å². The number of hydrogen-bond donors (Lipinski definition) is 0. The summed E-state index contributed by atoms with van der Waals surface area (Å²) in [6.45, 7) is 5.30. The molecule has 3 heterocycles. The number of aromatic nitrogens is 2. The average Bonchev–Trinajstić information content (AvgIpc) is 2.82. The number of ether oxygens (including phenoxy) is 2. The maximum absolute atomic E-state index is 13.4. The number of nitrogens with zero attached hydrogens (tertiary/aromatic N) is 2. The third-order valence-corrected chi connectivity index (χ3v) is 5.86. The van der Waals surface area contributed by atoms with Crippen LogP contribution in [0.3, 0.4) is 0 Å². The minimum atomic E-state index is -0.314. The molecule has 4 aromatic rings. The topological polar surface area (TPSA) is 70.4 Å². The van der Waals surface area contributed by atoms with Crippen LogP contribution in [0.25, 0.3) is 10.9 Å². The molecule has 0 atom stereocenters. The first-order chi connectivity index (χ1) is 15.5. The molecule has 0 saturated heterocycles. The van der Waals surface area contributed by atoms with Crippen LogP contribution in [-0.4, -0.2) is 28.5 Å². The molecule has 6 heteroatoms. The molecular formula is C26H22N2O4. The van der Waals surface area contributed by atoms with Crippen molar-refractivity contribution in [3.8, 4) is 11.5 Å². The number of pyridine rings is 2. The Hall–Kier alpha value is -3.93. The first-order valence-electron chi connectivity index (χ1n) is 10.5. The van der Waals surface area contributed by atoms with Crippen LogP contribution < -0.4 is 14.9 Å². The van der Waals surface area contributed by atoms with E-state index in [1.807, 2.05) is 48.7 Å². The van der Waals surface area contributed by atoms with Crippen LogP contribution in [0.4, 0.5) is 0 Å². The Morgan fingerprint density at radius 2 is 1.69 bits per heavy atom. The summed E-state index contributed by atoms with van der Waals surface area (Å²) < 4.78 is 13.3. The first-order valence-corrected chi connectivity index (χ1v) is 10.5. The second kappa shape index (κ2) is 7.96. The van der Waals surface area contributed by atoms with E-state index in [1.165, 1.54) is 0 Å². The number of ketones is 1. The van der Waals surface area contributed by atoms with Crippen LogP contribution >= 0.6 is 0 Å². The van der Waals surface area contributed by atoms with Gasteiger partial charge in [-0.15, -0.1) is 0 Å². The molecule has 0 amide bonds. The van der Waals surface area contributed by atoms with Gasteiger partial charge in [-0.3, -0.25) is 14.6 Å². The normalized spacial score (nSPS) is 12.7. The van der Waals surface area contributed by atoms with Gasteiger partial charge in [-0.25, -0.2) is 0 Å².